The average molecular weight is 386 g/mol. The normalized spacial score (nSPS) is 10.2. The van der Waals surface area contributed by atoms with Crippen LogP contribution in [-0.4, -0.2) is 11.0 Å². The van der Waals surface area contributed by atoms with Crippen LogP contribution < -0.4 is 11.1 Å². The number of carbonyl (C=O) groups is 1. The Morgan fingerprint density at radius 3 is 2.53 bits per heavy atom. The van der Waals surface area contributed by atoms with E-state index in [4.69, 9.17) is 5.73 Å². The van der Waals surface area contributed by atoms with Crippen LogP contribution in [0, 0.1) is 0 Å². The van der Waals surface area contributed by atoms with Crippen molar-refractivity contribution in [2.24, 2.45) is 0 Å². The van der Waals surface area contributed by atoms with E-state index in [2.05, 4.69) is 37.2 Å². The van der Waals surface area contributed by atoms with Gasteiger partial charge in [0.1, 0.15) is 5.75 Å². The second kappa shape index (κ2) is 5.63. The van der Waals surface area contributed by atoms with Crippen LogP contribution in [0.2, 0.25) is 0 Å². The summed E-state index contributed by atoms with van der Waals surface area (Å²) in [4.78, 5) is 12.0. The Morgan fingerprint density at radius 1 is 1.16 bits per heavy atom. The second-order valence-corrected chi connectivity index (χ2v) is 5.62. The number of anilines is 2. The predicted molar refractivity (Wildman–Crippen MR) is 82.3 cm³/mol. The summed E-state index contributed by atoms with van der Waals surface area (Å²) >= 11 is 6.45. The minimum atomic E-state index is -0.336. The lowest BCUT2D eigenvalue weighted by Gasteiger charge is -2.09. The molecule has 0 heterocycles. The summed E-state index contributed by atoms with van der Waals surface area (Å²) in [5.74, 6) is -0.326. The Hall–Kier alpha value is -1.53. The molecule has 0 radical (unpaired) electrons. The van der Waals surface area contributed by atoms with E-state index >= 15 is 0 Å². The van der Waals surface area contributed by atoms with Crippen molar-refractivity contribution in [2.75, 3.05) is 11.1 Å². The second-order valence-electron chi connectivity index (χ2n) is 3.85. The molecule has 0 aromatic heterocycles. The molecule has 0 aliphatic rings. The number of phenolic OH excluding ortho intramolecular Hbond substituents is 1. The van der Waals surface area contributed by atoms with E-state index in [9.17, 15) is 9.90 Å². The molecule has 0 aliphatic carbocycles. The van der Waals surface area contributed by atoms with Gasteiger partial charge in [-0.25, -0.2) is 0 Å². The number of hydrogen-bond acceptors (Lipinski definition) is 3. The summed E-state index contributed by atoms with van der Waals surface area (Å²) in [5, 5.41) is 12.2. The summed E-state index contributed by atoms with van der Waals surface area (Å²) in [6, 6.07) is 9.79. The average Bonchev–Trinajstić information content (AvgIpc) is 2.36. The highest BCUT2D eigenvalue weighted by Crippen LogP contribution is 2.26. The fraction of sp³-hybridized carbons (Fsp3) is 0. The van der Waals surface area contributed by atoms with E-state index in [0.717, 1.165) is 4.47 Å². The van der Waals surface area contributed by atoms with E-state index in [1.54, 1.807) is 30.3 Å². The molecule has 4 nitrogen and oxygen atoms in total. The van der Waals surface area contributed by atoms with Gasteiger partial charge in [0.15, 0.2) is 0 Å². The minimum absolute atomic E-state index is 0.0106. The first-order valence-electron chi connectivity index (χ1n) is 5.32. The summed E-state index contributed by atoms with van der Waals surface area (Å²) in [5.41, 5.74) is 7.14. The summed E-state index contributed by atoms with van der Waals surface area (Å²) in [7, 11) is 0. The van der Waals surface area contributed by atoms with Crippen molar-refractivity contribution in [1.29, 1.82) is 0 Å². The molecule has 0 bridgehead atoms. The number of nitrogens with one attached hydrogen (secondary N) is 1. The molecule has 2 aromatic rings. The number of nitrogen functional groups attached to an aromatic ring is 1. The minimum Gasteiger partial charge on any atom is -0.507 e. The van der Waals surface area contributed by atoms with Crippen LogP contribution in [0.25, 0.3) is 0 Å². The molecule has 0 unspecified atom stereocenters. The summed E-state index contributed by atoms with van der Waals surface area (Å²) in [6.07, 6.45) is 0. The lowest BCUT2D eigenvalue weighted by molar-refractivity contribution is 0.102. The lowest BCUT2D eigenvalue weighted by Crippen LogP contribution is -2.13. The maximum Gasteiger partial charge on any atom is 0.255 e. The zero-order valence-corrected chi connectivity index (χ0v) is 12.8. The molecular formula is C13H10Br2N2O2. The summed E-state index contributed by atoms with van der Waals surface area (Å²) in [6.45, 7) is 0. The molecule has 0 saturated heterocycles. The van der Waals surface area contributed by atoms with Gasteiger partial charge in [-0.05, 0) is 52.3 Å². The van der Waals surface area contributed by atoms with Crippen molar-refractivity contribution in [3.63, 3.8) is 0 Å². The van der Waals surface area contributed by atoms with Crippen molar-refractivity contribution in [3.8, 4) is 5.75 Å². The van der Waals surface area contributed by atoms with Gasteiger partial charge in [-0.1, -0.05) is 15.9 Å². The SMILES string of the molecule is Nc1cc(Br)ccc1NC(=O)c1ccc(Br)c(O)c1. The largest absolute Gasteiger partial charge is 0.507 e. The first-order valence-corrected chi connectivity index (χ1v) is 6.91. The van der Waals surface area contributed by atoms with Crippen LogP contribution in [0.3, 0.4) is 0 Å². The molecule has 19 heavy (non-hydrogen) atoms. The maximum absolute atomic E-state index is 12.0. The zero-order chi connectivity index (χ0) is 14.0. The molecule has 0 aliphatic heterocycles. The van der Waals surface area contributed by atoms with Crippen LogP contribution in [0.1, 0.15) is 10.4 Å². The Morgan fingerprint density at radius 2 is 1.89 bits per heavy atom. The van der Waals surface area contributed by atoms with E-state index in [1.165, 1.54) is 6.07 Å². The van der Waals surface area contributed by atoms with Gasteiger partial charge in [0.25, 0.3) is 5.91 Å². The number of hydrogen-bond donors (Lipinski definition) is 3. The highest BCUT2D eigenvalue weighted by atomic mass is 79.9. The van der Waals surface area contributed by atoms with Crippen molar-refractivity contribution < 1.29 is 9.90 Å². The van der Waals surface area contributed by atoms with Crippen LogP contribution in [0.5, 0.6) is 5.75 Å². The molecule has 4 N–H and O–H groups in total. The first-order chi connectivity index (χ1) is 8.97. The number of aromatic hydroxyl groups is 1. The fourth-order valence-corrected chi connectivity index (χ4v) is 2.12. The third-order valence-electron chi connectivity index (χ3n) is 2.47. The van der Waals surface area contributed by atoms with Gasteiger partial charge in [0, 0.05) is 10.0 Å². The number of rotatable bonds is 2. The van der Waals surface area contributed by atoms with Crippen molar-refractivity contribution in [2.45, 2.75) is 0 Å². The first kappa shape index (κ1) is 13.9. The number of phenols is 1. The van der Waals surface area contributed by atoms with Crippen LogP contribution in [-0.2, 0) is 0 Å². The summed E-state index contributed by atoms with van der Waals surface area (Å²) < 4.78 is 1.37. The molecule has 0 atom stereocenters. The number of benzene rings is 2. The third-order valence-corrected chi connectivity index (χ3v) is 3.63. The van der Waals surface area contributed by atoms with Gasteiger partial charge in [-0.15, -0.1) is 0 Å². The quantitative estimate of drug-likeness (QED) is 0.689. The monoisotopic (exact) mass is 384 g/mol. The molecular weight excluding hydrogens is 376 g/mol. The standard InChI is InChI=1S/C13H10Br2N2O2/c14-8-2-4-11(10(16)6-8)17-13(19)7-1-3-9(15)12(18)5-7/h1-6,18H,16H2,(H,17,19). The van der Waals surface area contributed by atoms with Crippen LogP contribution in [0.15, 0.2) is 45.3 Å². The van der Waals surface area contributed by atoms with Crippen molar-refractivity contribution in [3.05, 3.63) is 50.9 Å². The Labute approximate surface area is 126 Å². The highest BCUT2D eigenvalue weighted by molar-refractivity contribution is 9.10. The molecule has 0 fully saturated rings. The van der Waals surface area contributed by atoms with Crippen LogP contribution >= 0.6 is 31.9 Å². The molecule has 98 valence electrons. The molecule has 0 saturated carbocycles. The van der Waals surface area contributed by atoms with E-state index < -0.39 is 0 Å². The highest BCUT2D eigenvalue weighted by Gasteiger charge is 2.10. The van der Waals surface area contributed by atoms with E-state index in [0.29, 0.717) is 21.4 Å². The lowest BCUT2D eigenvalue weighted by atomic mass is 10.2. The Bertz CT molecular complexity index is 645. The van der Waals surface area contributed by atoms with E-state index in [-0.39, 0.29) is 11.7 Å². The van der Waals surface area contributed by atoms with Gasteiger partial charge >= 0.3 is 0 Å². The maximum atomic E-state index is 12.0. The number of nitrogens with two attached hydrogens (primary N) is 1. The molecule has 1 amide bonds. The van der Waals surface area contributed by atoms with Gasteiger partial charge < -0.3 is 16.2 Å². The predicted octanol–water partition coefficient (Wildman–Crippen LogP) is 3.75. The molecule has 6 heteroatoms. The Kier molecular flexibility index (Phi) is 4.11. The number of amides is 1. The number of carbonyl (C=O) groups excluding carboxylic acids is 1. The van der Waals surface area contributed by atoms with Gasteiger partial charge in [0.2, 0.25) is 0 Å². The topological polar surface area (TPSA) is 75.3 Å². The molecule has 2 rings (SSSR count). The zero-order valence-electron chi connectivity index (χ0n) is 9.65. The van der Waals surface area contributed by atoms with Crippen LogP contribution in [0.4, 0.5) is 11.4 Å². The van der Waals surface area contributed by atoms with Gasteiger partial charge in [-0.3, -0.25) is 4.79 Å². The van der Waals surface area contributed by atoms with Gasteiger partial charge in [-0.2, -0.15) is 0 Å². The number of halogens is 2. The van der Waals surface area contributed by atoms with Gasteiger partial charge in [0.05, 0.1) is 15.8 Å². The third kappa shape index (κ3) is 3.27. The van der Waals surface area contributed by atoms with Crippen molar-refractivity contribution >= 4 is 49.1 Å². The smallest absolute Gasteiger partial charge is 0.255 e. The van der Waals surface area contributed by atoms with E-state index in [1.807, 2.05) is 0 Å². The Balaban J connectivity index is 2.23. The van der Waals surface area contributed by atoms with Crippen molar-refractivity contribution in [1.82, 2.24) is 0 Å². The molecule has 2 aromatic carbocycles. The fourth-order valence-electron chi connectivity index (χ4n) is 1.50. The molecule has 0 spiro atoms.